The monoisotopic (exact) mass is 132 g/mol. The first kappa shape index (κ1) is 8.07. The van der Waals surface area contributed by atoms with Crippen LogP contribution in [0.4, 0.5) is 0 Å². The van der Waals surface area contributed by atoms with E-state index in [-0.39, 0.29) is 6.08 Å². The molecule has 0 bridgehead atoms. The summed E-state index contributed by atoms with van der Waals surface area (Å²) in [5.41, 5.74) is 0. The highest BCUT2D eigenvalue weighted by atomic mass is 16.7. The summed E-state index contributed by atoms with van der Waals surface area (Å²) in [6.45, 7) is 4.72. The van der Waals surface area contributed by atoms with Crippen LogP contribution in [0.1, 0.15) is 13.8 Å². The Morgan fingerprint density at radius 3 is 2.00 bits per heavy atom. The fraction of sp³-hybridized carbons (Fsp3) is 0.800. The van der Waals surface area contributed by atoms with Crippen molar-refractivity contribution in [1.29, 1.82) is 0 Å². The zero-order valence-corrected chi connectivity index (χ0v) is 5.76. The number of hydrogen-bond donors (Lipinski definition) is 1. The van der Waals surface area contributed by atoms with Gasteiger partial charge in [-0.1, -0.05) is 0 Å². The van der Waals surface area contributed by atoms with E-state index in [2.05, 4.69) is 5.10 Å². The van der Waals surface area contributed by atoms with Crippen LogP contribution in [0.5, 0.6) is 0 Å². The lowest BCUT2D eigenvalue weighted by atomic mass is 10.8. The van der Waals surface area contributed by atoms with Gasteiger partial charge < -0.3 is 15.3 Å². The molecule has 9 heavy (non-hydrogen) atoms. The molecule has 2 N–H and O–H groups in total. The van der Waals surface area contributed by atoms with Gasteiger partial charge in [0, 0.05) is 0 Å². The summed E-state index contributed by atoms with van der Waals surface area (Å²) in [5.74, 6) is 4.88. The Hall–Kier alpha value is -0.930. The molecule has 0 spiro atoms. The van der Waals surface area contributed by atoms with Crippen molar-refractivity contribution in [3.8, 4) is 0 Å². The van der Waals surface area contributed by atoms with Gasteiger partial charge in [0.2, 0.25) is 0 Å². The van der Waals surface area contributed by atoms with Crippen molar-refractivity contribution in [1.82, 2.24) is 0 Å². The molecule has 4 nitrogen and oxygen atoms in total. The first-order valence-corrected chi connectivity index (χ1v) is 2.88. The summed E-state index contributed by atoms with van der Waals surface area (Å²) < 4.78 is 9.67. The molecule has 0 saturated carbocycles. The fourth-order valence-corrected chi connectivity index (χ4v) is 0.363. The molecule has 0 aromatic heterocycles. The van der Waals surface area contributed by atoms with E-state index < -0.39 is 0 Å². The highest BCUT2D eigenvalue weighted by molar-refractivity contribution is 5.66. The van der Waals surface area contributed by atoms with Crippen molar-refractivity contribution in [2.24, 2.45) is 10.9 Å². The van der Waals surface area contributed by atoms with E-state index in [0.29, 0.717) is 13.2 Å². The zero-order chi connectivity index (χ0) is 7.11. The van der Waals surface area contributed by atoms with Crippen LogP contribution in [0.3, 0.4) is 0 Å². The van der Waals surface area contributed by atoms with Crippen molar-refractivity contribution in [3.63, 3.8) is 0 Å². The Bertz CT molecular complexity index is 85.0. The second-order valence-electron chi connectivity index (χ2n) is 1.26. The molecule has 0 aromatic carbocycles. The molecule has 0 aromatic rings. The summed E-state index contributed by atoms with van der Waals surface area (Å²) in [7, 11) is 0. The average molecular weight is 132 g/mol. The molecule has 0 fully saturated rings. The predicted molar refractivity (Wildman–Crippen MR) is 34.9 cm³/mol. The molecule has 0 unspecified atom stereocenters. The predicted octanol–water partition coefficient (Wildman–Crippen LogP) is 0.289. The van der Waals surface area contributed by atoms with Crippen LogP contribution in [0.2, 0.25) is 0 Å². The van der Waals surface area contributed by atoms with Crippen LogP contribution in [-0.4, -0.2) is 19.3 Å². The van der Waals surface area contributed by atoms with Crippen LogP contribution in [0.15, 0.2) is 5.10 Å². The average Bonchev–Trinajstić information content (AvgIpc) is 1.88. The molecular weight excluding hydrogens is 120 g/mol. The van der Waals surface area contributed by atoms with Crippen LogP contribution in [0, 0.1) is 0 Å². The molecule has 4 heteroatoms. The molecule has 0 rings (SSSR count). The van der Waals surface area contributed by atoms with Gasteiger partial charge in [-0.25, -0.2) is 0 Å². The maximum absolute atomic E-state index is 4.88. The van der Waals surface area contributed by atoms with Crippen LogP contribution in [-0.2, 0) is 9.47 Å². The second-order valence-corrected chi connectivity index (χ2v) is 1.26. The molecule has 0 atom stereocenters. The third-order valence-electron chi connectivity index (χ3n) is 0.641. The smallest absolute Gasteiger partial charge is 0.405 e. The minimum atomic E-state index is 0.153. The Morgan fingerprint density at radius 2 is 1.78 bits per heavy atom. The third kappa shape index (κ3) is 3.64. The number of rotatable bonds is 2. The molecule has 0 amide bonds. The fourth-order valence-electron chi connectivity index (χ4n) is 0.363. The summed E-state index contributed by atoms with van der Waals surface area (Å²) in [5, 5.41) is 3.24. The molecule has 0 aliphatic carbocycles. The van der Waals surface area contributed by atoms with Gasteiger partial charge in [-0.15, -0.1) is 5.10 Å². The lowest BCUT2D eigenvalue weighted by molar-refractivity contribution is 0.180. The van der Waals surface area contributed by atoms with E-state index >= 15 is 0 Å². The van der Waals surface area contributed by atoms with E-state index in [4.69, 9.17) is 15.3 Å². The normalized spacial score (nSPS) is 8.22. The Balaban J connectivity index is 3.43. The summed E-state index contributed by atoms with van der Waals surface area (Å²) >= 11 is 0. The molecule has 0 radical (unpaired) electrons. The SMILES string of the molecule is CCOC(=NN)OCC. The first-order chi connectivity index (χ1) is 4.35. The maximum Gasteiger partial charge on any atom is 0.405 e. The zero-order valence-electron chi connectivity index (χ0n) is 5.76. The number of ether oxygens (including phenoxy) is 2. The number of hydrogen-bond acceptors (Lipinski definition) is 4. The van der Waals surface area contributed by atoms with Crippen LogP contribution < -0.4 is 5.84 Å². The third-order valence-corrected chi connectivity index (χ3v) is 0.641. The van der Waals surface area contributed by atoms with Crippen molar-refractivity contribution in [3.05, 3.63) is 0 Å². The summed E-state index contributed by atoms with van der Waals surface area (Å²) in [4.78, 5) is 0. The van der Waals surface area contributed by atoms with Crippen molar-refractivity contribution < 1.29 is 9.47 Å². The van der Waals surface area contributed by atoms with E-state index in [1.54, 1.807) is 0 Å². The second kappa shape index (κ2) is 5.21. The minimum absolute atomic E-state index is 0.153. The van der Waals surface area contributed by atoms with Crippen molar-refractivity contribution >= 4 is 6.08 Å². The minimum Gasteiger partial charge on any atom is -0.450 e. The molecule has 0 aliphatic heterocycles. The van der Waals surface area contributed by atoms with Gasteiger partial charge in [-0.05, 0) is 13.8 Å². The number of nitrogens with zero attached hydrogens (tertiary/aromatic N) is 1. The van der Waals surface area contributed by atoms with Gasteiger partial charge in [-0.3, -0.25) is 0 Å². The van der Waals surface area contributed by atoms with E-state index in [1.807, 2.05) is 13.8 Å². The van der Waals surface area contributed by atoms with Gasteiger partial charge in [0.05, 0.1) is 13.2 Å². The Kier molecular flexibility index (Phi) is 4.67. The van der Waals surface area contributed by atoms with Crippen molar-refractivity contribution in [2.75, 3.05) is 13.2 Å². The van der Waals surface area contributed by atoms with Gasteiger partial charge >= 0.3 is 6.08 Å². The quantitative estimate of drug-likeness (QED) is 0.254. The van der Waals surface area contributed by atoms with E-state index in [9.17, 15) is 0 Å². The van der Waals surface area contributed by atoms with Gasteiger partial charge in [0.1, 0.15) is 0 Å². The standard InChI is InChI=1S/C5H12N2O2/c1-3-8-5(7-6)9-4-2/h3-4,6H2,1-2H3. The highest BCUT2D eigenvalue weighted by Crippen LogP contribution is 1.82. The van der Waals surface area contributed by atoms with Crippen LogP contribution in [0.25, 0.3) is 0 Å². The highest BCUT2D eigenvalue weighted by Gasteiger charge is 1.94. The topological polar surface area (TPSA) is 56.8 Å². The van der Waals surface area contributed by atoms with E-state index in [0.717, 1.165) is 0 Å². The van der Waals surface area contributed by atoms with Crippen LogP contribution >= 0.6 is 0 Å². The van der Waals surface area contributed by atoms with E-state index in [1.165, 1.54) is 0 Å². The first-order valence-electron chi connectivity index (χ1n) is 2.88. The molecule has 0 aliphatic rings. The Labute approximate surface area is 54.6 Å². The molecule has 0 saturated heterocycles. The summed E-state index contributed by atoms with van der Waals surface area (Å²) in [6.07, 6.45) is 0.153. The van der Waals surface area contributed by atoms with Gasteiger partial charge in [-0.2, -0.15) is 0 Å². The Morgan fingerprint density at radius 1 is 1.33 bits per heavy atom. The van der Waals surface area contributed by atoms with Gasteiger partial charge in [0.25, 0.3) is 0 Å². The largest absolute Gasteiger partial charge is 0.450 e. The molecule has 54 valence electrons. The lowest BCUT2D eigenvalue weighted by Gasteiger charge is -2.03. The number of nitrogens with two attached hydrogens (primary N) is 1. The van der Waals surface area contributed by atoms with Crippen molar-refractivity contribution in [2.45, 2.75) is 13.8 Å². The maximum atomic E-state index is 4.88. The number of hydrazone groups is 1. The summed E-state index contributed by atoms with van der Waals surface area (Å²) in [6, 6.07) is 0. The molecule has 0 heterocycles. The van der Waals surface area contributed by atoms with Gasteiger partial charge in [0.15, 0.2) is 0 Å². The lowest BCUT2D eigenvalue weighted by Crippen LogP contribution is -2.11. The molecular formula is C5H12N2O2.